The number of halogens is 1. The first-order valence-corrected chi connectivity index (χ1v) is 5.82. The van der Waals surface area contributed by atoms with Gasteiger partial charge in [-0.3, -0.25) is 0 Å². The van der Waals surface area contributed by atoms with Crippen molar-refractivity contribution < 1.29 is 14.6 Å². The molecule has 1 N–H and O–H groups in total. The lowest BCUT2D eigenvalue weighted by molar-refractivity contribution is 0.276. The Balaban J connectivity index is 2.27. The highest BCUT2D eigenvalue weighted by atomic mass is 35.5. The summed E-state index contributed by atoms with van der Waals surface area (Å²) < 4.78 is 10.8. The molecule has 0 unspecified atom stereocenters. The first-order valence-electron chi connectivity index (χ1n) is 5.44. The minimum atomic E-state index is -0.125. The van der Waals surface area contributed by atoms with E-state index in [1.807, 2.05) is 18.2 Å². The van der Waals surface area contributed by atoms with Gasteiger partial charge in [-0.05, 0) is 30.3 Å². The summed E-state index contributed by atoms with van der Waals surface area (Å²) in [5.41, 5.74) is 0.644. The lowest BCUT2D eigenvalue weighted by Gasteiger charge is -2.10. The van der Waals surface area contributed by atoms with Gasteiger partial charge in [0.15, 0.2) is 0 Å². The zero-order chi connectivity index (χ0) is 13.0. The second-order valence-corrected chi connectivity index (χ2v) is 4.13. The molecule has 0 aliphatic rings. The van der Waals surface area contributed by atoms with E-state index in [2.05, 4.69) is 0 Å². The largest absolute Gasteiger partial charge is 0.497 e. The quantitative estimate of drug-likeness (QED) is 0.916. The summed E-state index contributed by atoms with van der Waals surface area (Å²) >= 11 is 5.86. The van der Waals surface area contributed by atoms with Crippen molar-refractivity contribution >= 4 is 11.6 Å². The molecule has 0 radical (unpaired) electrons. The molecule has 0 bridgehead atoms. The molecule has 0 heterocycles. The minimum Gasteiger partial charge on any atom is -0.497 e. The van der Waals surface area contributed by atoms with E-state index in [1.165, 1.54) is 0 Å². The van der Waals surface area contributed by atoms with Crippen LogP contribution in [0.4, 0.5) is 0 Å². The summed E-state index contributed by atoms with van der Waals surface area (Å²) in [5.74, 6) is 1.94. The van der Waals surface area contributed by atoms with Gasteiger partial charge in [-0.15, -0.1) is 0 Å². The lowest BCUT2D eigenvalue weighted by atomic mass is 10.2. The molecule has 0 amide bonds. The van der Waals surface area contributed by atoms with Gasteiger partial charge in [0.2, 0.25) is 0 Å². The summed E-state index contributed by atoms with van der Waals surface area (Å²) in [6.45, 7) is -0.125. The summed E-state index contributed by atoms with van der Waals surface area (Å²) in [7, 11) is 1.60. The Morgan fingerprint density at radius 3 is 2.61 bits per heavy atom. The number of methoxy groups -OCH3 is 1. The molecule has 0 spiro atoms. The van der Waals surface area contributed by atoms with Crippen LogP contribution in [-0.4, -0.2) is 12.2 Å². The molecule has 0 atom stereocenters. The molecule has 3 nitrogen and oxygen atoms in total. The number of aliphatic hydroxyl groups is 1. The third-order valence-electron chi connectivity index (χ3n) is 2.46. The molecule has 2 rings (SSSR count). The molecule has 4 heteroatoms. The maximum absolute atomic E-state index is 9.26. The van der Waals surface area contributed by atoms with Gasteiger partial charge in [-0.1, -0.05) is 17.7 Å². The predicted octanol–water partition coefficient (Wildman–Crippen LogP) is 3.63. The second kappa shape index (κ2) is 5.76. The van der Waals surface area contributed by atoms with Crippen LogP contribution in [0, 0.1) is 0 Å². The van der Waals surface area contributed by atoms with E-state index in [4.69, 9.17) is 21.1 Å². The van der Waals surface area contributed by atoms with Crippen LogP contribution >= 0.6 is 11.6 Å². The Bertz CT molecular complexity index is 540. The fourth-order valence-corrected chi connectivity index (χ4v) is 1.76. The van der Waals surface area contributed by atoms with E-state index >= 15 is 0 Å². The van der Waals surface area contributed by atoms with Crippen LogP contribution in [0.15, 0.2) is 42.5 Å². The highest BCUT2D eigenvalue weighted by molar-refractivity contribution is 6.30. The maximum Gasteiger partial charge on any atom is 0.133 e. The molecule has 94 valence electrons. The third kappa shape index (κ3) is 2.94. The molecule has 0 fully saturated rings. The first kappa shape index (κ1) is 12.7. The fraction of sp³-hybridized carbons (Fsp3) is 0.143. The summed E-state index contributed by atoms with van der Waals surface area (Å²) in [5, 5.41) is 9.83. The van der Waals surface area contributed by atoms with Crippen LogP contribution in [0.3, 0.4) is 0 Å². The van der Waals surface area contributed by atoms with Gasteiger partial charge in [-0.25, -0.2) is 0 Å². The number of ether oxygens (including phenoxy) is 2. The summed E-state index contributed by atoms with van der Waals surface area (Å²) in [4.78, 5) is 0. The van der Waals surface area contributed by atoms with Crippen molar-refractivity contribution in [3.8, 4) is 17.2 Å². The van der Waals surface area contributed by atoms with Gasteiger partial charge in [0.05, 0.1) is 13.7 Å². The normalized spacial score (nSPS) is 10.2. The third-order valence-corrected chi connectivity index (χ3v) is 2.70. The Morgan fingerprint density at radius 1 is 1.11 bits per heavy atom. The van der Waals surface area contributed by atoms with Crippen LogP contribution in [0.5, 0.6) is 17.2 Å². The highest BCUT2D eigenvalue weighted by Gasteiger charge is 2.05. The van der Waals surface area contributed by atoms with E-state index < -0.39 is 0 Å². The Labute approximate surface area is 111 Å². The zero-order valence-electron chi connectivity index (χ0n) is 9.89. The van der Waals surface area contributed by atoms with E-state index in [-0.39, 0.29) is 6.61 Å². The second-order valence-electron chi connectivity index (χ2n) is 3.69. The molecule has 18 heavy (non-hydrogen) atoms. The molecule has 0 aliphatic carbocycles. The van der Waals surface area contributed by atoms with Gasteiger partial charge >= 0.3 is 0 Å². The van der Waals surface area contributed by atoms with Gasteiger partial charge in [0.1, 0.15) is 17.2 Å². The SMILES string of the molecule is COc1cccc(Oc2ccc(Cl)cc2CO)c1. The zero-order valence-corrected chi connectivity index (χ0v) is 10.6. The molecule has 0 aliphatic heterocycles. The van der Waals surface area contributed by atoms with Crippen molar-refractivity contribution in [2.45, 2.75) is 6.61 Å². The average molecular weight is 265 g/mol. The molecule has 0 saturated carbocycles. The van der Waals surface area contributed by atoms with E-state index in [9.17, 15) is 5.11 Å². The number of hydrogen-bond donors (Lipinski definition) is 1. The summed E-state index contributed by atoms with van der Waals surface area (Å²) in [6, 6.07) is 12.4. The van der Waals surface area contributed by atoms with Gasteiger partial charge in [0, 0.05) is 16.7 Å². The van der Waals surface area contributed by atoms with Crippen LogP contribution < -0.4 is 9.47 Å². The minimum absolute atomic E-state index is 0.125. The van der Waals surface area contributed by atoms with Crippen LogP contribution in [-0.2, 0) is 6.61 Å². The predicted molar refractivity (Wildman–Crippen MR) is 70.4 cm³/mol. The number of rotatable bonds is 4. The van der Waals surface area contributed by atoms with E-state index in [0.717, 1.165) is 0 Å². The van der Waals surface area contributed by atoms with Gasteiger partial charge < -0.3 is 14.6 Å². The first-order chi connectivity index (χ1) is 8.72. The molecular weight excluding hydrogens is 252 g/mol. The fourth-order valence-electron chi connectivity index (χ4n) is 1.56. The van der Waals surface area contributed by atoms with Gasteiger partial charge in [0.25, 0.3) is 0 Å². The average Bonchev–Trinajstić information content (AvgIpc) is 2.41. The molecular formula is C14H13ClO3. The number of benzene rings is 2. The van der Waals surface area contributed by atoms with Crippen molar-refractivity contribution in [1.29, 1.82) is 0 Å². The number of aliphatic hydroxyl groups excluding tert-OH is 1. The van der Waals surface area contributed by atoms with E-state index in [0.29, 0.717) is 27.8 Å². The van der Waals surface area contributed by atoms with Crippen molar-refractivity contribution in [2.75, 3.05) is 7.11 Å². The van der Waals surface area contributed by atoms with Crippen LogP contribution in [0.25, 0.3) is 0 Å². The molecule has 2 aromatic rings. The van der Waals surface area contributed by atoms with Crippen molar-refractivity contribution in [3.63, 3.8) is 0 Å². The van der Waals surface area contributed by atoms with Crippen molar-refractivity contribution in [2.24, 2.45) is 0 Å². The highest BCUT2D eigenvalue weighted by Crippen LogP contribution is 2.29. The Kier molecular flexibility index (Phi) is 4.07. The standard InChI is InChI=1S/C14H13ClO3/c1-17-12-3-2-4-13(8-12)18-14-6-5-11(15)7-10(14)9-16/h2-8,16H,9H2,1H3. The van der Waals surface area contributed by atoms with E-state index in [1.54, 1.807) is 31.4 Å². The number of hydrogen-bond acceptors (Lipinski definition) is 3. The lowest BCUT2D eigenvalue weighted by Crippen LogP contribution is -1.92. The summed E-state index contributed by atoms with van der Waals surface area (Å²) in [6.07, 6.45) is 0. The van der Waals surface area contributed by atoms with Crippen LogP contribution in [0.2, 0.25) is 5.02 Å². The van der Waals surface area contributed by atoms with Crippen molar-refractivity contribution in [3.05, 3.63) is 53.1 Å². The topological polar surface area (TPSA) is 38.7 Å². The monoisotopic (exact) mass is 264 g/mol. The van der Waals surface area contributed by atoms with Crippen molar-refractivity contribution in [1.82, 2.24) is 0 Å². The molecule has 0 aromatic heterocycles. The molecule has 2 aromatic carbocycles. The maximum atomic E-state index is 9.26. The molecule has 0 saturated heterocycles. The van der Waals surface area contributed by atoms with Crippen LogP contribution in [0.1, 0.15) is 5.56 Å². The Hall–Kier alpha value is -1.71. The smallest absolute Gasteiger partial charge is 0.133 e. The van der Waals surface area contributed by atoms with Gasteiger partial charge in [-0.2, -0.15) is 0 Å². The Morgan fingerprint density at radius 2 is 1.89 bits per heavy atom.